The Morgan fingerprint density at radius 2 is 1.79 bits per heavy atom. The minimum absolute atomic E-state index is 0.270. The van der Waals surface area contributed by atoms with Gasteiger partial charge in [0.2, 0.25) is 0 Å². The summed E-state index contributed by atoms with van der Waals surface area (Å²) in [6.07, 6.45) is 2.43. The Bertz CT molecular complexity index is 446. The fraction of sp³-hybridized carbons (Fsp3) is 0.111. The summed E-state index contributed by atoms with van der Waals surface area (Å²) in [6.45, 7) is 0. The lowest BCUT2D eigenvalue weighted by Gasteiger charge is -2.02. The SMILES string of the molecule is CS(=O)(=O)c1ccc(/C(N)=C/N)cc1. The van der Waals surface area contributed by atoms with Gasteiger partial charge in [0, 0.05) is 12.5 Å². The van der Waals surface area contributed by atoms with Crippen LogP contribution < -0.4 is 11.5 Å². The van der Waals surface area contributed by atoms with Crippen LogP contribution in [0.3, 0.4) is 0 Å². The number of hydrogen-bond acceptors (Lipinski definition) is 4. The van der Waals surface area contributed by atoms with Gasteiger partial charge in [0.05, 0.1) is 10.6 Å². The standard InChI is InChI=1S/C9H12N2O2S/c1-14(12,13)8-4-2-7(3-5-8)9(11)6-10/h2-6H,10-11H2,1H3/b9-6-. The van der Waals surface area contributed by atoms with Gasteiger partial charge in [-0.05, 0) is 17.7 Å². The van der Waals surface area contributed by atoms with Crippen molar-refractivity contribution < 1.29 is 8.42 Å². The van der Waals surface area contributed by atoms with Crippen LogP contribution >= 0.6 is 0 Å². The lowest BCUT2D eigenvalue weighted by Crippen LogP contribution is -2.01. The Kier molecular flexibility index (Phi) is 2.81. The van der Waals surface area contributed by atoms with Crippen LogP contribution in [0.15, 0.2) is 35.4 Å². The molecule has 1 rings (SSSR count). The average Bonchev–Trinajstić information content (AvgIpc) is 2.15. The van der Waals surface area contributed by atoms with E-state index in [0.29, 0.717) is 11.3 Å². The lowest BCUT2D eigenvalue weighted by atomic mass is 10.2. The third kappa shape index (κ3) is 2.26. The molecule has 0 aliphatic heterocycles. The van der Waals surface area contributed by atoms with E-state index in [-0.39, 0.29) is 4.90 Å². The third-order valence-electron chi connectivity index (χ3n) is 1.80. The molecule has 0 aromatic heterocycles. The van der Waals surface area contributed by atoms with Gasteiger partial charge in [-0.3, -0.25) is 0 Å². The fourth-order valence-electron chi connectivity index (χ4n) is 0.991. The predicted octanol–water partition coefficient (Wildman–Crippen LogP) is 0.306. The normalized spacial score (nSPS) is 12.8. The molecular weight excluding hydrogens is 200 g/mol. The first-order chi connectivity index (χ1) is 6.45. The molecular formula is C9H12N2O2S. The van der Waals surface area contributed by atoms with Crippen molar-refractivity contribution in [1.29, 1.82) is 0 Å². The van der Waals surface area contributed by atoms with Gasteiger partial charge in [-0.2, -0.15) is 0 Å². The Labute approximate surface area is 83.1 Å². The Morgan fingerprint density at radius 1 is 1.29 bits per heavy atom. The molecule has 0 amide bonds. The molecule has 0 aliphatic carbocycles. The van der Waals surface area contributed by atoms with Crippen LogP contribution in [0.4, 0.5) is 0 Å². The topological polar surface area (TPSA) is 86.2 Å². The molecule has 4 N–H and O–H groups in total. The van der Waals surface area contributed by atoms with Crippen molar-refractivity contribution in [1.82, 2.24) is 0 Å². The predicted molar refractivity (Wildman–Crippen MR) is 55.9 cm³/mol. The summed E-state index contributed by atoms with van der Waals surface area (Å²) in [6, 6.07) is 6.24. The van der Waals surface area contributed by atoms with Gasteiger partial charge < -0.3 is 11.5 Å². The van der Waals surface area contributed by atoms with Crippen LogP contribution in [0, 0.1) is 0 Å². The zero-order chi connectivity index (χ0) is 10.8. The maximum Gasteiger partial charge on any atom is 0.175 e. The number of benzene rings is 1. The van der Waals surface area contributed by atoms with Crippen molar-refractivity contribution in [3.8, 4) is 0 Å². The first kappa shape index (κ1) is 10.6. The zero-order valence-electron chi connectivity index (χ0n) is 7.77. The van der Waals surface area contributed by atoms with Gasteiger partial charge in [0.25, 0.3) is 0 Å². The van der Waals surface area contributed by atoms with Crippen LogP contribution in [-0.2, 0) is 9.84 Å². The van der Waals surface area contributed by atoms with Crippen LogP contribution in [0.25, 0.3) is 5.70 Å². The summed E-state index contributed by atoms with van der Waals surface area (Å²) >= 11 is 0. The minimum Gasteiger partial charge on any atom is -0.403 e. The highest BCUT2D eigenvalue weighted by Gasteiger charge is 2.06. The molecule has 0 heterocycles. The summed E-state index contributed by atoms with van der Waals surface area (Å²) < 4.78 is 22.2. The molecule has 0 fully saturated rings. The van der Waals surface area contributed by atoms with E-state index >= 15 is 0 Å². The van der Waals surface area contributed by atoms with Crippen molar-refractivity contribution in [3.05, 3.63) is 36.0 Å². The fourth-order valence-corrected chi connectivity index (χ4v) is 1.62. The maximum atomic E-state index is 11.1. The Morgan fingerprint density at radius 3 is 2.14 bits per heavy atom. The average molecular weight is 212 g/mol. The van der Waals surface area contributed by atoms with Crippen molar-refractivity contribution >= 4 is 15.5 Å². The molecule has 1 aromatic rings. The molecule has 0 saturated carbocycles. The van der Waals surface area contributed by atoms with Gasteiger partial charge in [-0.15, -0.1) is 0 Å². The molecule has 14 heavy (non-hydrogen) atoms. The van der Waals surface area contributed by atoms with Crippen molar-refractivity contribution in [3.63, 3.8) is 0 Å². The monoisotopic (exact) mass is 212 g/mol. The van der Waals surface area contributed by atoms with Crippen molar-refractivity contribution in [2.24, 2.45) is 11.5 Å². The summed E-state index contributed by atoms with van der Waals surface area (Å²) in [4.78, 5) is 0.270. The molecule has 0 unspecified atom stereocenters. The molecule has 76 valence electrons. The molecule has 1 aromatic carbocycles. The highest BCUT2D eigenvalue weighted by molar-refractivity contribution is 7.90. The summed E-state index contributed by atoms with van der Waals surface area (Å²) in [5.74, 6) is 0. The minimum atomic E-state index is -3.14. The van der Waals surface area contributed by atoms with E-state index in [9.17, 15) is 8.42 Å². The van der Waals surface area contributed by atoms with E-state index in [2.05, 4.69) is 0 Å². The molecule has 0 atom stereocenters. The van der Waals surface area contributed by atoms with Gasteiger partial charge in [0.15, 0.2) is 9.84 Å². The van der Waals surface area contributed by atoms with Crippen LogP contribution in [-0.4, -0.2) is 14.7 Å². The van der Waals surface area contributed by atoms with Gasteiger partial charge in [-0.1, -0.05) is 12.1 Å². The van der Waals surface area contributed by atoms with Crippen LogP contribution in [0.1, 0.15) is 5.56 Å². The first-order valence-corrected chi connectivity index (χ1v) is 5.82. The van der Waals surface area contributed by atoms with Gasteiger partial charge >= 0.3 is 0 Å². The van der Waals surface area contributed by atoms with Crippen LogP contribution in [0.5, 0.6) is 0 Å². The van der Waals surface area contributed by atoms with Gasteiger partial charge in [-0.25, -0.2) is 8.42 Å². The Balaban J connectivity index is 3.14. The molecule has 0 saturated heterocycles. The smallest absolute Gasteiger partial charge is 0.175 e. The summed E-state index contributed by atoms with van der Waals surface area (Å²) in [5.41, 5.74) is 11.9. The van der Waals surface area contributed by atoms with E-state index in [1.807, 2.05) is 0 Å². The van der Waals surface area contributed by atoms with Gasteiger partial charge in [0.1, 0.15) is 0 Å². The maximum absolute atomic E-state index is 11.1. The number of hydrogen-bond donors (Lipinski definition) is 2. The number of nitrogens with two attached hydrogens (primary N) is 2. The van der Waals surface area contributed by atoms with Crippen molar-refractivity contribution in [2.45, 2.75) is 4.90 Å². The third-order valence-corrected chi connectivity index (χ3v) is 2.92. The quantitative estimate of drug-likeness (QED) is 0.738. The Hall–Kier alpha value is -1.49. The highest BCUT2D eigenvalue weighted by atomic mass is 32.2. The molecule has 0 bridgehead atoms. The second-order valence-corrected chi connectivity index (χ2v) is 4.93. The summed E-state index contributed by atoms with van der Waals surface area (Å²) in [7, 11) is -3.14. The van der Waals surface area contributed by atoms with E-state index in [4.69, 9.17) is 11.5 Å². The molecule has 5 heteroatoms. The molecule has 4 nitrogen and oxygen atoms in total. The molecule has 0 aliphatic rings. The molecule has 0 spiro atoms. The molecule has 0 radical (unpaired) electrons. The largest absolute Gasteiger partial charge is 0.403 e. The van der Waals surface area contributed by atoms with E-state index < -0.39 is 9.84 Å². The lowest BCUT2D eigenvalue weighted by molar-refractivity contribution is 0.602. The van der Waals surface area contributed by atoms with E-state index in [0.717, 1.165) is 6.26 Å². The first-order valence-electron chi connectivity index (χ1n) is 3.93. The number of rotatable bonds is 2. The summed E-state index contributed by atoms with van der Waals surface area (Å²) in [5, 5.41) is 0. The second kappa shape index (κ2) is 3.71. The second-order valence-electron chi connectivity index (χ2n) is 2.92. The highest BCUT2D eigenvalue weighted by Crippen LogP contribution is 2.13. The van der Waals surface area contributed by atoms with E-state index in [1.165, 1.54) is 18.3 Å². The van der Waals surface area contributed by atoms with E-state index in [1.54, 1.807) is 12.1 Å². The zero-order valence-corrected chi connectivity index (χ0v) is 8.58. The van der Waals surface area contributed by atoms with Crippen molar-refractivity contribution in [2.75, 3.05) is 6.26 Å². The van der Waals surface area contributed by atoms with Crippen LogP contribution in [0.2, 0.25) is 0 Å². The number of sulfone groups is 1.